The predicted octanol–water partition coefficient (Wildman–Crippen LogP) is 2.16. The summed E-state index contributed by atoms with van der Waals surface area (Å²) < 4.78 is 13.2. The summed E-state index contributed by atoms with van der Waals surface area (Å²) in [7, 11) is 0. The van der Waals surface area contributed by atoms with Crippen molar-refractivity contribution in [3.63, 3.8) is 0 Å². The van der Waals surface area contributed by atoms with Crippen LogP contribution in [0.15, 0.2) is 18.2 Å². The Hall–Kier alpha value is -0.640. The number of aliphatic hydroxyl groups is 2. The second-order valence-electron chi connectivity index (χ2n) is 3.50. The highest BCUT2D eigenvalue weighted by Gasteiger charge is 2.18. The summed E-state index contributed by atoms with van der Waals surface area (Å²) in [6.07, 6.45) is -1.76. The minimum atomic E-state index is -1.08. The van der Waals surface area contributed by atoms with E-state index in [-0.39, 0.29) is 18.1 Å². The van der Waals surface area contributed by atoms with Gasteiger partial charge in [0.05, 0.1) is 6.10 Å². The SMILES string of the molecule is Cc1ccc(C(O)C(O)CCCl)cc1F. The molecule has 1 rings (SSSR count). The fourth-order valence-electron chi connectivity index (χ4n) is 1.28. The molecule has 0 bridgehead atoms. The van der Waals surface area contributed by atoms with Crippen LogP contribution in [-0.4, -0.2) is 22.2 Å². The van der Waals surface area contributed by atoms with Crippen LogP contribution in [0.25, 0.3) is 0 Å². The molecule has 0 saturated heterocycles. The van der Waals surface area contributed by atoms with Gasteiger partial charge in [0.2, 0.25) is 0 Å². The molecule has 0 saturated carbocycles. The molecule has 0 heterocycles. The van der Waals surface area contributed by atoms with Crippen molar-refractivity contribution in [2.24, 2.45) is 0 Å². The topological polar surface area (TPSA) is 40.5 Å². The van der Waals surface area contributed by atoms with Crippen molar-refractivity contribution in [1.29, 1.82) is 0 Å². The summed E-state index contributed by atoms with van der Waals surface area (Å²) in [4.78, 5) is 0. The van der Waals surface area contributed by atoms with E-state index < -0.39 is 12.2 Å². The lowest BCUT2D eigenvalue weighted by molar-refractivity contribution is 0.0168. The Bertz CT molecular complexity index is 330. The number of halogens is 2. The molecule has 0 spiro atoms. The van der Waals surface area contributed by atoms with Gasteiger partial charge in [0, 0.05) is 5.88 Å². The molecular formula is C11H14ClFO2. The maximum Gasteiger partial charge on any atom is 0.126 e. The summed E-state index contributed by atoms with van der Waals surface area (Å²) in [5.41, 5.74) is 0.883. The second-order valence-corrected chi connectivity index (χ2v) is 3.88. The largest absolute Gasteiger partial charge is 0.390 e. The van der Waals surface area contributed by atoms with Crippen LogP contribution in [-0.2, 0) is 0 Å². The van der Waals surface area contributed by atoms with Gasteiger partial charge in [0.25, 0.3) is 0 Å². The van der Waals surface area contributed by atoms with Gasteiger partial charge in [0.15, 0.2) is 0 Å². The van der Waals surface area contributed by atoms with Crippen LogP contribution in [0, 0.1) is 12.7 Å². The fraction of sp³-hybridized carbons (Fsp3) is 0.455. The van der Waals surface area contributed by atoms with Crippen LogP contribution in [0.3, 0.4) is 0 Å². The summed E-state index contributed by atoms with van der Waals surface area (Å²) in [5.74, 6) is -0.128. The number of alkyl halides is 1. The van der Waals surface area contributed by atoms with Crippen LogP contribution in [0.5, 0.6) is 0 Å². The first-order chi connectivity index (χ1) is 7.06. The van der Waals surface area contributed by atoms with E-state index >= 15 is 0 Å². The smallest absolute Gasteiger partial charge is 0.126 e. The molecule has 0 fully saturated rings. The van der Waals surface area contributed by atoms with Crippen LogP contribution in [0.2, 0.25) is 0 Å². The van der Waals surface area contributed by atoms with E-state index in [2.05, 4.69) is 0 Å². The molecule has 0 aliphatic heterocycles. The van der Waals surface area contributed by atoms with Crippen LogP contribution >= 0.6 is 11.6 Å². The molecule has 2 unspecified atom stereocenters. The summed E-state index contributed by atoms with van der Waals surface area (Å²) >= 11 is 5.44. The Balaban J connectivity index is 2.81. The van der Waals surface area contributed by atoms with Gasteiger partial charge >= 0.3 is 0 Å². The van der Waals surface area contributed by atoms with Gasteiger partial charge in [-0.05, 0) is 30.5 Å². The average Bonchev–Trinajstić information content (AvgIpc) is 2.21. The van der Waals surface area contributed by atoms with Crippen molar-refractivity contribution in [2.75, 3.05) is 5.88 Å². The quantitative estimate of drug-likeness (QED) is 0.781. The van der Waals surface area contributed by atoms with Crippen molar-refractivity contribution >= 4 is 11.6 Å². The van der Waals surface area contributed by atoms with Gasteiger partial charge in [-0.25, -0.2) is 4.39 Å². The maximum absolute atomic E-state index is 13.2. The first-order valence-electron chi connectivity index (χ1n) is 4.74. The first kappa shape index (κ1) is 12.4. The van der Waals surface area contributed by atoms with E-state index in [1.54, 1.807) is 19.1 Å². The molecule has 0 radical (unpaired) electrons. The predicted molar refractivity (Wildman–Crippen MR) is 57.4 cm³/mol. The van der Waals surface area contributed by atoms with Crippen molar-refractivity contribution in [3.05, 3.63) is 35.1 Å². The molecule has 2 N–H and O–H groups in total. The Morgan fingerprint density at radius 3 is 2.60 bits per heavy atom. The molecule has 1 aromatic rings. The molecule has 0 aliphatic carbocycles. The summed E-state index contributed by atoms with van der Waals surface area (Å²) in [5, 5.41) is 19.1. The molecule has 0 amide bonds. The van der Waals surface area contributed by atoms with Crippen molar-refractivity contribution < 1.29 is 14.6 Å². The molecule has 0 aliphatic rings. The minimum Gasteiger partial charge on any atom is -0.390 e. The van der Waals surface area contributed by atoms with Gasteiger partial charge in [0.1, 0.15) is 11.9 Å². The third-order valence-electron chi connectivity index (χ3n) is 2.31. The van der Waals surface area contributed by atoms with E-state index in [0.717, 1.165) is 0 Å². The number of rotatable bonds is 4. The highest BCUT2D eigenvalue weighted by molar-refractivity contribution is 6.17. The zero-order valence-electron chi connectivity index (χ0n) is 8.45. The number of hydrogen-bond donors (Lipinski definition) is 2. The van der Waals surface area contributed by atoms with Crippen molar-refractivity contribution in [3.8, 4) is 0 Å². The number of benzene rings is 1. The van der Waals surface area contributed by atoms with E-state index in [1.807, 2.05) is 0 Å². The monoisotopic (exact) mass is 232 g/mol. The van der Waals surface area contributed by atoms with E-state index in [9.17, 15) is 14.6 Å². The number of hydrogen-bond acceptors (Lipinski definition) is 2. The zero-order valence-corrected chi connectivity index (χ0v) is 9.21. The fourth-order valence-corrected chi connectivity index (χ4v) is 1.51. The molecule has 4 heteroatoms. The normalized spacial score (nSPS) is 15.0. The maximum atomic E-state index is 13.2. The summed E-state index contributed by atoms with van der Waals surface area (Å²) in [6.45, 7) is 1.64. The van der Waals surface area contributed by atoms with Gasteiger partial charge < -0.3 is 10.2 Å². The average molecular weight is 233 g/mol. The number of aliphatic hydroxyl groups excluding tert-OH is 2. The molecule has 2 atom stereocenters. The van der Waals surface area contributed by atoms with E-state index in [4.69, 9.17) is 11.6 Å². The molecule has 15 heavy (non-hydrogen) atoms. The standard InChI is InChI=1S/C11H14ClFO2/c1-7-2-3-8(6-9(7)13)11(15)10(14)4-5-12/h2-3,6,10-11,14-15H,4-5H2,1H3. The van der Waals surface area contributed by atoms with Crippen molar-refractivity contribution in [1.82, 2.24) is 0 Å². The highest BCUT2D eigenvalue weighted by atomic mass is 35.5. The van der Waals surface area contributed by atoms with Gasteiger partial charge in [-0.3, -0.25) is 0 Å². The Morgan fingerprint density at radius 2 is 2.07 bits per heavy atom. The van der Waals surface area contributed by atoms with Gasteiger partial charge in [-0.15, -0.1) is 11.6 Å². The molecular weight excluding hydrogens is 219 g/mol. The first-order valence-corrected chi connectivity index (χ1v) is 5.28. The van der Waals surface area contributed by atoms with Crippen LogP contribution in [0.4, 0.5) is 4.39 Å². The second kappa shape index (κ2) is 5.45. The Kier molecular flexibility index (Phi) is 4.51. The van der Waals surface area contributed by atoms with E-state index in [0.29, 0.717) is 11.1 Å². The minimum absolute atomic E-state index is 0.257. The van der Waals surface area contributed by atoms with Crippen molar-refractivity contribution in [2.45, 2.75) is 25.6 Å². The molecule has 0 aromatic heterocycles. The molecule has 1 aromatic carbocycles. The van der Waals surface area contributed by atoms with Gasteiger partial charge in [-0.2, -0.15) is 0 Å². The summed E-state index contributed by atoms with van der Waals surface area (Å²) in [6, 6.07) is 4.40. The Morgan fingerprint density at radius 1 is 1.40 bits per heavy atom. The lowest BCUT2D eigenvalue weighted by Crippen LogP contribution is -2.18. The van der Waals surface area contributed by atoms with Crippen LogP contribution < -0.4 is 0 Å². The Labute approximate surface area is 93.3 Å². The zero-order chi connectivity index (χ0) is 11.4. The van der Waals surface area contributed by atoms with Gasteiger partial charge in [-0.1, -0.05) is 12.1 Å². The lowest BCUT2D eigenvalue weighted by Gasteiger charge is -2.17. The van der Waals surface area contributed by atoms with E-state index in [1.165, 1.54) is 6.07 Å². The highest BCUT2D eigenvalue weighted by Crippen LogP contribution is 2.21. The third-order valence-corrected chi connectivity index (χ3v) is 2.52. The lowest BCUT2D eigenvalue weighted by atomic mass is 10.0. The van der Waals surface area contributed by atoms with Crippen LogP contribution in [0.1, 0.15) is 23.7 Å². The molecule has 2 nitrogen and oxygen atoms in total. The molecule has 84 valence electrons. The third kappa shape index (κ3) is 3.16. The number of aryl methyl sites for hydroxylation is 1.